The van der Waals surface area contributed by atoms with Crippen LogP contribution >= 0.6 is 23.4 Å². The number of H-pyrrole nitrogens is 1. The van der Waals surface area contributed by atoms with E-state index < -0.39 is 0 Å². The first-order chi connectivity index (χ1) is 8.17. The van der Waals surface area contributed by atoms with E-state index in [1.807, 2.05) is 11.8 Å². The topological polar surface area (TPSA) is 40.7 Å². The molecule has 0 fully saturated rings. The molecular weight excluding hydrogens is 254 g/mol. The molecule has 0 aliphatic rings. The average Bonchev–Trinajstić information content (AvgIpc) is 2.67. The van der Waals surface area contributed by atoms with Gasteiger partial charge in [-0.05, 0) is 12.7 Å². The van der Waals surface area contributed by atoms with Crippen molar-refractivity contribution < 1.29 is 0 Å². The zero-order chi connectivity index (χ0) is 12.7. The molecule has 0 spiro atoms. The lowest BCUT2D eigenvalue weighted by atomic mass is 10.2. The molecule has 1 aromatic heterocycles. The van der Waals surface area contributed by atoms with E-state index in [0.29, 0.717) is 10.4 Å². The number of halogens is 1. The van der Waals surface area contributed by atoms with Crippen molar-refractivity contribution in [2.45, 2.75) is 44.9 Å². The molecule has 98 valence electrons. The van der Waals surface area contributed by atoms with Gasteiger partial charge in [0.2, 0.25) is 0 Å². The van der Waals surface area contributed by atoms with Crippen LogP contribution in [0.1, 0.15) is 38.2 Å². The van der Waals surface area contributed by atoms with Gasteiger partial charge in [0.25, 0.3) is 0 Å². The van der Waals surface area contributed by atoms with Crippen LogP contribution in [0.3, 0.4) is 0 Å². The summed E-state index contributed by atoms with van der Waals surface area (Å²) in [6.45, 7) is 6.14. The van der Waals surface area contributed by atoms with Gasteiger partial charge in [-0.2, -0.15) is 11.8 Å². The van der Waals surface area contributed by atoms with Crippen molar-refractivity contribution in [2.75, 3.05) is 12.8 Å². The van der Waals surface area contributed by atoms with Gasteiger partial charge < -0.3 is 10.3 Å². The summed E-state index contributed by atoms with van der Waals surface area (Å²) >= 11 is 7.94. The van der Waals surface area contributed by atoms with E-state index in [1.54, 1.807) is 0 Å². The van der Waals surface area contributed by atoms with E-state index in [9.17, 15) is 0 Å². The Bertz CT molecular complexity index is 328. The van der Waals surface area contributed by atoms with Crippen molar-refractivity contribution >= 4 is 23.4 Å². The summed E-state index contributed by atoms with van der Waals surface area (Å²) in [5.41, 5.74) is 1.01. The number of nitrogens with zero attached hydrogens (tertiary/aromatic N) is 1. The molecule has 0 amide bonds. The van der Waals surface area contributed by atoms with Crippen molar-refractivity contribution in [1.82, 2.24) is 15.3 Å². The van der Waals surface area contributed by atoms with Crippen LogP contribution in [0.5, 0.6) is 0 Å². The number of thioether (sulfide) groups is 1. The molecule has 0 bridgehead atoms. The number of hydrogen-bond donors (Lipinski definition) is 2. The van der Waals surface area contributed by atoms with Crippen LogP contribution in [0.15, 0.2) is 0 Å². The molecule has 1 rings (SSSR count). The normalized spacial score (nSPS) is 12.9. The number of nitrogens with one attached hydrogen (secondary N) is 2. The highest BCUT2D eigenvalue weighted by atomic mass is 35.5. The number of aryl methyl sites for hydroxylation is 1. The molecule has 17 heavy (non-hydrogen) atoms. The third kappa shape index (κ3) is 5.32. The summed E-state index contributed by atoms with van der Waals surface area (Å²) in [6, 6.07) is 0. The molecular formula is C12H22ClN3S. The second-order valence-electron chi connectivity index (χ2n) is 4.23. The number of aromatic amines is 1. The van der Waals surface area contributed by atoms with Gasteiger partial charge in [-0.15, -0.1) is 0 Å². The summed E-state index contributed by atoms with van der Waals surface area (Å²) in [7, 11) is 0. The van der Waals surface area contributed by atoms with Gasteiger partial charge in [-0.25, -0.2) is 4.98 Å². The Morgan fingerprint density at radius 2 is 2.29 bits per heavy atom. The lowest BCUT2D eigenvalue weighted by molar-refractivity contribution is 0.672. The molecule has 3 nitrogen and oxygen atoms in total. The minimum absolute atomic E-state index is 0.611. The second kappa shape index (κ2) is 8.01. The van der Waals surface area contributed by atoms with E-state index in [-0.39, 0.29) is 0 Å². The predicted molar refractivity (Wildman–Crippen MR) is 76.9 cm³/mol. The average molecular weight is 276 g/mol. The largest absolute Gasteiger partial charge is 0.344 e. The number of hydrogen-bond acceptors (Lipinski definition) is 3. The zero-order valence-electron chi connectivity index (χ0n) is 10.8. The lowest BCUT2D eigenvalue weighted by Crippen LogP contribution is -2.22. The van der Waals surface area contributed by atoms with Crippen LogP contribution in [-0.2, 0) is 13.0 Å². The zero-order valence-corrected chi connectivity index (χ0v) is 12.4. The molecule has 0 saturated carbocycles. The van der Waals surface area contributed by atoms with Crippen molar-refractivity contribution in [3.05, 3.63) is 16.7 Å². The molecule has 1 atom stereocenters. The Morgan fingerprint density at radius 3 is 2.94 bits per heavy atom. The number of rotatable bonds is 8. The molecule has 2 N–H and O–H groups in total. The minimum Gasteiger partial charge on any atom is -0.344 e. The van der Waals surface area contributed by atoms with E-state index in [4.69, 9.17) is 11.6 Å². The number of aromatic nitrogens is 2. The van der Waals surface area contributed by atoms with E-state index in [2.05, 4.69) is 35.4 Å². The molecule has 0 aliphatic carbocycles. The third-order valence-corrected chi connectivity index (χ3v) is 3.96. The molecule has 5 heteroatoms. The van der Waals surface area contributed by atoms with Gasteiger partial charge in [-0.3, -0.25) is 0 Å². The van der Waals surface area contributed by atoms with Crippen LogP contribution in [0, 0.1) is 0 Å². The van der Waals surface area contributed by atoms with Gasteiger partial charge in [-0.1, -0.05) is 31.9 Å². The van der Waals surface area contributed by atoms with Gasteiger partial charge in [0, 0.05) is 24.8 Å². The first-order valence-corrected chi connectivity index (χ1v) is 7.80. The van der Waals surface area contributed by atoms with Crippen molar-refractivity contribution in [3.63, 3.8) is 0 Å². The number of imidazole rings is 1. The van der Waals surface area contributed by atoms with E-state index in [1.165, 1.54) is 6.42 Å². The summed E-state index contributed by atoms with van der Waals surface area (Å²) in [4.78, 5) is 7.63. The van der Waals surface area contributed by atoms with Crippen LogP contribution < -0.4 is 5.32 Å². The van der Waals surface area contributed by atoms with Crippen molar-refractivity contribution in [2.24, 2.45) is 0 Å². The van der Waals surface area contributed by atoms with Gasteiger partial charge in [0.05, 0.1) is 5.69 Å². The molecule has 0 saturated heterocycles. The quantitative estimate of drug-likeness (QED) is 0.765. The fourth-order valence-corrected chi connectivity index (χ4v) is 2.00. The molecule has 0 aliphatic heterocycles. The highest BCUT2D eigenvalue weighted by Gasteiger charge is 2.08. The van der Waals surface area contributed by atoms with E-state index >= 15 is 0 Å². The first-order valence-electron chi connectivity index (χ1n) is 6.14. The molecule has 1 heterocycles. The summed E-state index contributed by atoms with van der Waals surface area (Å²) in [5, 5.41) is 4.62. The first kappa shape index (κ1) is 14.9. The Labute approximate surface area is 113 Å². The monoisotopic (exact) mass is 275 g/mol. The lowest BCUT2D eigenvalue weighted by Gasteiger charge is -2.08. The Hall–Kier alpha value is -0.190. The van der Waals surface area contributed by atoms with E-state index in [0.717, 1.165) is 37.4 Å². The van der Waals surface area contributed by atoms with Crippen molar-refractivity contribution in [3.8, 4) is 0 Å². The standard InChI is InChI=1S/C12H22ClN3S/c1-4-5-6-11-15-10(12(13)16-11)8-14-7-9(2)17-3/h9,14H,4-8H2,1-3H3,(H,15,16). The molecule has 1 unspecified atom stereocenters. The van der Waals surface area contributed by atoms with Crippen LogP contribution in [0.25, 0.3) is 0 Å². The number of unbranched alkanes of at least 4 members (excludes halogenated alkanes) is 1. The Morgan fingerprint density at radius 1 is 1.53 bits per heavy atom. The minimum atomic E-state index is 0.611. The summed E-state index contributed by atoms with van der Waals surface area (Å²) in [5.74, 6) is 1.01. The van der Waals surface area contributed by atoms with Crippen LogP contribution in [0.2, 0.25) is 5.15 Å². The fourth-order valence-electron chi connectivity index (χ4n) is 1.50. The SMILES string of the molecule is CCCCc1nc(Cl)c(CNCC(C)SC)[nH]1. The van der Waals surface area contributed by atoms with Crippen LogP contribution in [0.4, 0.5) is 0 Å². The third-order valence-electron chi connectivity index (χ3n) is 2.68. The second-order valence-corrected chi connectivity index (χ2v) is 5.87. The maximum absolute atomic E-state index is 6.09. The van der Waals surface area contributed by atoms with Gasteiger partial charge >= 0.3 is 0 Å². The fraction of sp³-hybridized carbons (Fsp3) is 0.750. The highest BCUT2D eigenvalue weighted by Crippen LogP contribution is 2.14. The van der Waals surface area contributed by atoms with Crippen molar-refractivity contribution in [1.29, 1.82) is 0 Å². The smallest absolute Gasteiger partial charge is 0.151 e. The molecule has 0 aromatic carbocycles. The summed E-state index contributed by atoms with van der Waals surface area (Å²) < 4.78 is 0. The van der Waals surface area contributed by atoms with Crippen LogP contribution in [-0.4, -0.2) is 28.0 Å². The highest BCUT2D eigenvalue weighted by molar-refractivity contribution is 7.99. The maximum Gasteiger partial charge on any atom is 0.151 e. The maximum atomic E-state index is 6.09. The molecule has 1 aromatic rings. The predicted octanol–water partition coefficient (Wildman–Crippen LogP) is 3.25. The summed E-state index contributed by atoms with van der Waals surface area (Å²) in [6.07, 6.45) is 5.44. The Kier molecular flexibility index (Phi) is 7.00. The van der Waals surface area contributed by atoms with Gasteiger partial charge in [0.15, 0.2) is 5.15 Å². The molecule has 0 radical (unpaired) electrons. The van der Waals surface area contributed by atoms with Gasteiger partial charge in [0.1, 0.15) is 5.82 Å². The Balaban J connectivity index is 2.39.